The number of nitrogens with zero attached hydrogens (tertiary/aromatic N) is 1. The van der Waals surface area contributed by atoms with Crippen LogP contribution in [0.25, 0.3) is 0 Å². The average molecular weight is 127 g/mol. The molecule has 0 bridgehead atoms. The minimum Gasteiger partial charge on any atom is -0.306 e. The second kappa shape index (κ2) is 2.97. The van der Waals surface area contributed by atoms with Crippen molar-refractivity contribution in [1.82, 2.24) is 4.90 Å². The van der Waals surface area contributed by atoms with Gasteiger partial charge in [0, 0.05) is 12.5 Å². The largest absolute Gasteiger partial charge is 0.306 e. The molecule has 52 valence electrons. The summed E-state index contributed by atoms with van der Waals surface area (Å²) in [5.74, 6) is 0.309. The molecule has 0 spiro atoms. The first kappa shape index (κ1) is 6.75. The van der Waals surface area contributed by atoms with E-state index in [1.165, 1.54) is 6.42 Å². The molecule has 9 heavy (non-hydrogen) atoms. The Morgan fingerprint density at radius 2 is 2.44 bits per heavy atom. The Morgan fingerprint density at radius 1 is 1.67 bits per heavy atom. The Labute approximate surface area is 55.8 Å². The molecule has 1 rings (SSSR count). The fraction of sp³-hybridized carbons (Fsp3) is 0.857. The molecule has 0 N–H and O–H groups in total. The van der Waals surface area contributed by atoms with Crippen molar-refractivity contribution < 1.29 is 4.79 Å². The number of rotatable bonds is 1. The van der Waals surface area contributed by atoms with E-state index in [2.05, 4.69) is 11.9 Å². The van der Waals surface area contributed by atoms with Crippen LogP contribution in [0.5, 0.6) is 0 Å². The van der Waals surface area contributed by atoms with E-state index in [1.54, 1.807) is 0 Å². The molecule has 2 heteroatoms. The average Bonchev–Trinajstić information content (AvgIpc) is 1.88. The highest BCUT2D eigenvalue weighted by Crippen LogP contribution is 2.11. The van der Waals surface area contributed by atoms with Gasteiger partial charge < -0.3 is 9.69 Å². The summed E-state index contributed by atoms with van der Waals surface area (Å²) in [7, 11) is 2.07. The summed E-state index contributed by atoms with van der Waals surface area (Å²) in [6.07, 6.45) is 3.35. The van der Waals surface area contributed by atoms with Crippen LogP contribution < -0.4 is 0 Å². The summed E-state index contributed by atoms with van der Waals surface area (Å²) < 4.78 is 0. The topological polar surface area (TPSA) is 20.3 Å². The molecule has 1 fully saturated rings. The monoisotopic (exact) mass is 127 g/mol. The van der Waals surface area contributed by atoms with Crippen molar-refractivity contribution in [2.75, 3.05) is 20.1 Å². The molecule has 0 amide bonds. The highest BCUT2D eigenvalue weighted by atomic mass is 16.1. The van der Waals surface area contributed by atoms with Gasteiger partial charge in [-0.15, -0.1) is 0 Å². The zero-order valence-corrected chi connectivity index (χ0v) is 5.84. The van der Waals surface area contributed by atoms with Gasteiger partial charge in [-0.25, -0.2) is 0 Å². The molecule has 0 saturated carbocycles. The summed E-state index contributed by atoms with van der Waals surface area (Å²) in [5.41, 5.74) is 0. The Hall–Kier alpha value is -0.370. The Balaban J connectivity index is 2.31. The van der Waals surface area contributed by atoms with E-state index in [-0.39, 0.29) is 0 Å². The third-order valence-electron chi connectivity index (χ3n) is 1.85. The summed E-state index contributed by atoms with van der Waals surface area (Å²) in [6, 6.07) is 0. The van der Waals surface area contributed by atoms with Crippen LogP contribution in [-0.2, 0) is 4.79 Å². The molecular formula is C7H13NO. The van der Waals surface area contributed by atoms with Gasteiger partial charge in [-0.1, -0.05) is 0 Å². The van der Waals surface area contributed by atoms with Crippen LogP contribution in [0.2, 0.25) is 0 Å². The van der Waals surface area contributed by atoms with E-state index in [4.69, 9.17) is 0 Å². The maximum atomic E-state index is 10.3. The minimum atomic E-state index is 0.309. The molecule has 1 heterocycles. The van der Waals surface area contributed by atoms with Gasteiger partial charge in [0.25, 0.3) is 0 Å². The molecule has 0 aromatic carbocycles. The molecule has 1 atom stereocenters. The summed E-state index contributed by atoms with van der Waals surface area (Å²) in [6.45, 7) is 2.12. The molecular weight excluding hydrogens is 114 g/mol. The van der Waals surface area contributed by atoms with Gasteiger partial charge in [-0.2, -0.15) is 0 Å². The third-order valence-corrected chi connectivity index (χ3v) is 1.85. The third kappa shape index (κ3) is 1.79. The van der Waals surface area contributed by atoms with Gasteiger partial charge >= 0.3 is 0 Å². The lowest BCUT2D eigenvalue weighted by Crippen LogP contribution is -2.32. The van der Waals surface area contributed by atoms with Crippen LogP contribution in [-0.4, -0.2) is 31.3 Å². The Bertz CT molecular complexity index is 103. The van der Waals surface area contributed by atoms with Crippen LogP contribution in [0, 0.1) is 5.92 Å². The second-order valence-electron chi connectivity index (χ2n) is 2.80. The number of carbonyl (C=O) groups is 1. The minimum absolute atomic E-state index is 0.309. The van der Waals surface area contributed by atoms with Gasteiger partial charge in [-0.3, -0.25) is 0 Å². The molecule has 0 aromatic rings. The highest BCUT2D eigenvalue weighted by molar-refractivity contribution is 5.53. The molecule has 0 aromatic heterocycles. The lowest BCUT2D eigenvalue weighted by molar-refractivity contribution is -0.112. The van der Waals surface area contributed by atoms with E-state index < -0.39 is 0 Å². The molecule has 1 aliphatic heterocycles. The second-order valence-corrected chi connectivity index (χ2v) is 2.80. The highest BCUT2D eigenvalue weighted by Gasteiger charge is 2.15. The SMILES string of the molecule is CN1CCCC(C=O)C1. The van der Waals surface area contributed by atoms with Crippen LogP contribution >= 0.6 is 0 Å². The van der Waals surface area contributed by atoms with Crippen molar-refractivity contribution in [2.45, 2.75) is 12.8 Å². The molecule has 2 nitrogen and oxygen atoms in total. The zero-order valence-electron chi connectivity index (χ0n) is 5.84. The van der Waals surface area contributed by atoms with Gasteiger partial charge in [0.05, 0.1) is 0 Å². The van der Waals surface area contributed by atoms with Gasteiger partial charge in [0.1, 0.15) is 6.29 Å². The van der Waals surface area contributed by atoms with Crippen LogP contribution in [0.3, 0.4) is 0 Å². The smallest absolute Gasteiger partial charge is 0.124 e. The van der Waals surface area contributed by atoms with E-state index in [9.17, 15) is 4.79 Å². The normalized spacial score (nSPS) is 30.1. The lowest BCUT2D eigenvalue weighted by atomic mass is 10.0. The van der Waals surface area contributed by atoms with E-state index >= 15 is 0 Å². The number of piperidine rings is 1. The first-order valence-electron chi connectivity index (χ1n) is 3.47. The Kier molecular flexibility index (Phi) is 2.22. The first-order chi connectivity index (χ1) is 4.33. The van der Waals surface area contributed by atoms with Gasteiger partial charge in [-0.05, 0) is 26.4 Å². The maximum Gasteiger partial charge on any atom is 0.124 e. The molecule has 0 radical (unpaired) electrons. The number of likely N-dealkylation sites (tertiary alicyclic amines) is 1. The summed E-state index contributed by atoms with van der Waals surface area (Å²) in [4.78, 5) is 12.5. The zero-order chi connectivity index (χ0) is 6.69. The number of hydrogen-bond acceptors (Lipinski definition) is 2. The Morgan fingerprint density at radius 3 is 2.89 bits per heavy atom. The maximum absolute atomic E-state index is 10.3. The van der Waals surface area contributed by atoms with Crippen LogP contribution in [0.4, 0.5) is 0 Å². The predicted molar refractivity (Wildman–Crippen MR) is 36.3 cm³/mol. The standard InChI is InChI=1S/C7H13NO/c1-8-4-2-3-7(5-8)6-9/h6-7H,2-5H2,1H3. The molecule has 1 aliphatic rings. The fourth-order valence-corrected chi connectivity index (χ4v) is 1.32. The quantitative estimate of drug-likeness (QED) is 0.479. The van der Waals surface area contributed by atoms with Crippen molar-refractivity contribution in [3.63, 3.8) is 0 Å². The van der Waals surface area contributed by atoms with Crippen molar-refractivity contribution in [1.29, 1.82) is 0 Å². The van der Waals surface area contributed by atoms with Crippen molar-refractivity contribution in [2.24, 2.45) is 5.92 Å². The van der Waals surface area contributed by atoms with Crippen LogP contribution in [0.1, 0.15) is 12.8 Å². The summed E-state index contributed by atoms with van der Waals surface area (Å²) in [5, 5.41) is 0. The predicted octanol–water partition coefficient (Wildman–Crippen LogP) is 0.527. The van der Waals surface area contributed by atoms with Gasteiger partial charge in [0.15, 0.2) is 0 Å². The van der Waals surface area contributed by atoms with E-state index in [1.807, 2.05) is 0 Å². The van der Waals surface area contributed by atoms with Crippen molar-refractivity contribution in [3.05, 3.63) is 0 Å². The summed E-state index contributed by atoms with van der Waals surface area (Å²) >= 11 is 0. The van der Waals surface area contributed by atoms with Crippen molar-refractivity contribution in [3.8, 4) is 0 Å². The molecule has 1 saturated heterocycles. The fourth-order valence-electron chi connectivity index (χ4n) is 1.32. The lowest BCUT2D eigenvalue weighted by Gasteiger charge is -2.25. The molecule has 0 aliphatic carbocycles. The molecule has 1 unspecified atom stereocenters. The van der Waals surface area contributed by atoms with Crippen LogP contribution in [0.15, 0.2) is 0 Å². The number of hydrogen-bond donors (Lipinski definition) is 0. The van der Waals surface area contributed by atoms with Gasteiger partial charge in [0.2, 0.25) is 0 Å². The van der Waals surface area contributed by atoms with E-state index in [0.29, 0.717) is 5.92 Å². The first-order valence-corrected chi connectivity index (χ1v) is 3.47. The van der Waals surface area contributed by atoms with Crippen molar-refractivity contribution >= 4 is 6.29 Å². The number of aldehydes is 1. The van der Waals surface area contributed by atoms with E-state index in [0.717, 1.165) is 25.8 Å². The number of carbonyl (C=O) groups excluding carboxylic acids is 1.